The van der Waals surface area contributed by atoms with Gasteiger partial charge in [0.05, 0.1) is 6.10 Å². The Morgan fingerprint density at radius 3 is 2.83 bits per heavy atom. The van der Waals surface area contributed by atoms with E-state index >= 15 is 0 Å². The molecule has 104 valence electrons. The highest BCUT2D eigenvalue weighted by Crippen LogP contribution is 2.33. The average molecular weight is 252 g/mol. The molecule has 3 unspecified atom stereocenters. The summed E-state index contributed by atoms with van der Waals surface area (Å²) in [4.78, 5) is 2.72. The largest absolute Gasteiger partial charge is 0.378 e. The van der Waals surface area contributed by atoms with E-state index in [1.807, 2.05) is 0 Å². The van der Waals surface area contributed by atoms with Crippen LogP contribution in [0.1, 0.15) is 51.9 Å². The topological polar surface area (TPSA) is 24.5 Å². The van der Waals surface area contributed by atoms with Crippen molar-refractivity contribution in [1.82, 2.24) is 10.2 Å². The second kappa shape index (κ2) is 5.89. The summed E-state index contributed by atoms with van der Waals surface area (Å²) in [6.07, 6.45) is 9.85. The fourth-order valence-electron chi connectivity index (χ4n) is 3.60. The normalized spacial score (nSPS) is 38.2. The minimum absolute atomic E-state index is 0.532. The van der Waals surface area contributed by atoms with Gasteiger partial charge in [-0.05, 0) is 58.4 Å². The van der Waals surface area contributed by atoms with Crippen LogP contribution >= 0.6 is 0 Å². The molecule has 0 spiro atoms. The second-order valence-corrected chi connectivity index (χ2v) is 6.44. The minimum Gasteiger partial charge on any atom is -0.378 e. The molecular formula is C15H28N2O. The summed E-state index contributed by atoms with van der Waals surface area (Å²) in [5.74, 6) is 0. The van der Waals surface area contributed by atoms with E-state index in [0.29, 0.717) is 6.10 Å². The van der Waals surface area contributed by atoms with E-state index in [1.165, 1.54) is 51.5 Å². The molecule has 3 atom stereocenters. The summed E-state index contributed by atoms with van der Waals surface area (Å²) in [6.45, 7) is 5.79. The maximum atomic E-state index is 5.78. The molecule has 0 aromatic rings. The van der Waals surface area contributed by atoms with E-state index in [0.717, 1.165) is 31.3 Å². The van der Waals surface area contributed by atoms with Crippen LogP contribution in [0.2, 0.25) is 0 Å². The Kier molecular flexibility index (Phi) is 4.22. The SMILES string of the molecule is CC1CC(NCCC2CCCCO2)CN1C1CC1. The van der Waals surface area contributed by atoms with Crippen LogP contribution in [-0.2, 0) is 4.74 Å². The smallest absolute Gasteiger partial charge is 0.0587 e. The monoisotopic (exact) mass is 252 g/mol. The Morgan fingerprint density at radius 1 is 1.22 bits per heavy atom. The van der Waals surface area contributed by atoms with Gasteiger partial charge in [0.2, 0.25) is 0 Å². The molecule has 0 aromatic heterocycles. The van der Waals surface area contributed by atoms with Gasteiger partial charge in [-0.1, -0.05) is 0 Å². The molecular weight excluding hydrogens is 224 g/mol. The van der Waals surface area contributed by atoms with Crippen molar-refractivity contribution in [2.24, 2.45) is 0 Å². The maximum Gasteiger partial charge on any atom is 0.0587 e. The lowest BCUT2D eigenvalue weighted by Crippen LogP contribution is -2.36. The average Bonchev–Trinajstić information content (AvgIpc) is 3.15. The molecule has 1 aliphatic carbocycles. The highest BCUT2D eigenvalue weighted by Gasteiger charge is 2.38. The van der Waals surface area contributed by atoms with E-state index in [-0.39, 0.29) is 0 Å². The molecule has 0 radical (unpaired) electrons. The number of nitrogens with one attached hydrogen (secondary N) is 1. The third kappa shape index (κ3) is 3.25. The predicted octanol–water partition coefficient (Wildman–Crippen LogP) is 2.16. The summed E-state index contributed by atoms with van der Waals surface area (Å²) in [5, 5.41) is 3.75. The molecule has 1 saturated carbocycles. The molecule has 18 heavy (non-hydrogen) atoms. The zero-order valence-electron chi connectivity index (χ0n) is 11.7. The van der Waals surface area contributed by atoms with Crippen molar-refractivity contribution in [3.05, 3.63) is 0 Å². The number of hydrogen-bond acceptors (Lipinski definition) is 3. The van der Waals surface area contributed by atoms with E-state index in [9.17, 15) is 0 Å². The fraction of sp³-hybridized carbons (Fsp3) is 1.00. The van der Waals surface area contributed by atoms with Crippen LogP contribution in [0.4, 0.5) is 0 Å². The van der Waals surface area contributed by atoms with Crippen LogP contribution in [0.25, 0.3) is 0 Å². The van der Waals surface area contributed by atoms with Gasteiger partial charge in [-0.25, -0.2) is 0 Å². The molecule has 0 bridgehead atoms. The van der Waals surface area contributed by atoms with Crippen molar-refractivity contribution in [3.8, 4) is 0 Å². The van der Waals surface area contributed by atoms with E-state index < -0.39 is 0 Å². The van der Waals surface area contributed by atoms with Gasteiger partial charge in [0.1, 0.15) is 0 Å². The molecule has 2 aliphatic heterocycles. The molecule has 2 heterocycles. The van der Waals surface area contributed by atoms with Crippen molar-refractivity contribution >= 4 is 0 Å². The molecule has 0 amide bonds. The van der Waals surface area contributed by atoms with Gasteiger partial charge in [-0.3, -0.25) is 4.90 Å². The highest BCUT2D eigenvalue weighted by molar-refractivity contribution is 4.95. The van der Waals surface area contributed by atoms with Crippen molar-refractivity contribution in [2.45, 2.75) is 76.1 Å². The summed E-state index contributed by atoms with van der Waals surface area (Å²) >= 11 is 0. The van der Waals surface area contributed by atoms with Crippen LogP contribution in [-0.4, -0.2) is 48.8 Å². The first-order valence-corrected chi connectivity index (χ1v) is 7.93. The summed E-state index contributed by atoms with van der Waals surface area (Å²) in [5.41, 5.74) is 0. The van der Waals surface area contributed by atoms with Crippen LogP contribution in [0.15, 0.2) is 0 Å². The van der Waals surface area contributed by atoms with Crippen molar-refractivity contribution in [3.63, 3.8) is 0 Å². The van der Waals surface area contributed by atoms with Crippen molar-refractivity contribution < 1.29 is 4.74 Å². The maximum absolute atomic E-state index is 5.78. The van der Waals surface area contributed by atoms with Gasteiger partial charge in [-0.2, -0.15) is 0 Å². The quantitative estimate of drug-likeness (QED) is 0.811. The minimum atomic E-state index is 0.532. The number of ether oxygens (including phenoxy) is 1. The molecule has 3 aliphatic rings. The van der Waals surface area contributed by atoms with Crippen molar-refractivity contribution in [2.75, 3.05) is 19.7 Å². The summed E-state index contributed by atoms with van der Waals surface area (Å²) in [6, 6.07) is 2.44. The molecule has 3 rings (SSSR count). The van der Waals surface area contributed by atoms with Crippen LogP contribution in [0.3, 0.4) is 0 Å². The first-order chi connectivity index (χ1) is 8.83. The summed E-state index contributed by atoms with van der Waals surface area (Å²) < 4.78 is 5.78. The van der Waals surface area contributed by atoms with E-state index in [1.54, 1.807) is 0 Å². The Balaban J connectivity index is 1.33. The standard InChI is InChI=1S/C15H28N2O/c1-12-10-13(11-17(12)14-5-6-14)16-8-7-15-4-2-3-9-18-15/h12-16H,2-11H2,1H3. The first-order valence-electron chi connectivity index (χ1n) is 7.93. The fourth-order valence-corrected chi connectivity index (χ4v) is 3.60. The van der Waals surface area contributed by atoms with Crippen molar-refractivity contribution in [1.29, 1.82) is 0 Å². The van der Waals surface area contributed by atoms with E-state index in [4.69, 9.17) is 4.74 Å². The lowest BCUT2D eigenvalue weighted by Gasteiger charge is -2.23. The number of hydrogen-bond donors (Lipinski definition) is 1. The molecule has 2 saturated heterocycles. The van der Waals surface area contributed by atoms with Gasteiger partial charge in [-0.15, -0.1) is 0 Å². The molecule has 3 heteroatoms. The number of nitrogens with zero attached hydrogens (tertiary/aromatic N) is 1. The van der Waals surface area contributed by atoms with Gasteiger partial charge >= 0.3 is 0 Å². The molecule has 1 N–H and O–H groups in total. The first kappa shape index (κ1) is 12.9. The molecule has 3 nitrogen and oxygen atoms in total. The zero-order chi connectivity index (χ0) is 12.4. The van der Waals surface area contributed by atoms with E-state index in [2.05, 4.69) is 17.1 Å². The number of likely N-dealkylation sites (tertiary alicyclic amines) is 1. The third-order valence-corrected chi connectivity index (χ3v) is 4.81. The highest BCUT2D eigenvalue weighted by atomic mass is 16.5. The van der Waals surface area contributed by atoms with Crippen LogP contribution in [0, 0.1) is 0 Å². The zero-order valence-corrected chi connectivity index (χ0v) is 11.7. The second-order valence-electron chi connectivity index (χ2n) is 6.44. The lowest BCUT2D eigenvalue weighted by atomic mass is 10.1. The Morgan fingerprint density at radius 2 is 2.11 bits per heavy atom. The van der Waals surface area contributed by atoms with Gasteiger partial charge < -0.3 is 10.1 Å². The predicted molar refractivity (Wildman–Crippen MR) is 73.8 cm³/mol. The molecule has 3 fully saturated rings. The number of rotatable bonds is 5. The Hall–Kier alpha value is -0.120. The Labute approximate surface area is 111 Å². The lowest BCUT2D eigenvalue weighted by molar-refractivity contribution is 0.0112. The Bertz CT molecular complexity index is 261. The molecule has 0 aromatic carbocycles. The van der Waals surface area contributed by atoms with Crippen LogP contribution in [0.5, 0.6) is 0 Å². The van der Waals surface area contributed by atoms with Gasteiger partial charge in [0, 0.05) is 31.3 Å². The third-order valence-electron chi connectivity index (χ3n) is 4.81. The van der Waals surface area contributed by atoms with Crippen LogP contribution < -0.4 is 5.32 Å². The van der Waals surface area contributed by atoms with Gasteiger partial charge in [0.15, 0.2) is 0 Å². The summed E-state index contributed by atoms with van der Waals surface area (Å²) in [7, 11) is 0. The van der Waals surface area contributed by atoms with Gasteiger partial charge in [0.25, 0.3) is 0 Å².